The number of hydrogen-bond acceptors (Lipinski definition) is 4. The van der Waals surface area contributed by atoms with E-state index in [0.717, 1.165) is 6.07 Å². The summed E-state index contributed by atoms with van der Waals surface area (Å²) in [6.45, 7) is 7.79. The number of anilines is 1. The predicted molar refractivity (Wildman–Crippen MR) is 110 cm³/mol. The van der Waals surface area contributed by atoms with Crippen LogP contribution in [0, 0.1) is 0 Å². The van der Waals surface area contributed by atoms with Crippen LogP contribution in [0.3, 0.4) is 0 Å². The van der Waals surface area contributed by atoms with Crippen molar-refractivity contribution in [2.45, 2.75) is 32.4 Å². The van der Waals surface area contributed by atoms with Gasteiger partial charge >= 0.3 is 6.18 Å². The van der Waals surface area contributed by atoms with Crippen molar-refractivity contribution < 1.29 is 18.4 Å². The largest absolute Gasteiger partial charge is 0.419 e. The fourth-order valence-corrected chi connectivity index (χ4v) is 3.32. The molecule has 0 spiro atoms. The minimum Gasteiger partial charge on any atom is -0.353 e. The van der Waals surface area contributed by atoms with Crippen molar-refractivity contribution in [1.29, 1.82) is 0 Å². The molecule has 1 aliphatic heterocycles. The summed E-state index contributed by atoms with van der Waals surface area (Å²) in [4.78, 5) is 11.8. The van der Waals surface area contributed by atoms with E-state index in [2.05, 4.69) is 36.2 Å². The SMILES string of the molecule is CC(C)(C)c1ccc(N=C(NO)N2CCN(c3ncccc3C(F)(F)F)CC2)cc1. The van der Waals surface area contributed by atoms with Crippen molar-refractivity contribution in [3.05, 3.63) is 53.7 Å². The van der Waals surface area contributed by atoms with Gasteiger partial charge < -0.3 is 9.80 Å². The molecule has 9 heteroatoms. The van der Waals surface area contributed by atoms with Gasteiger partial charge in [-0.3, -0.25) is 5.21 Å². The van der Waals surface area contributed by atoms with Crippen LogP contribution in [0.2, 0.25) is 0 Å². The second-order valence-electron chi connectivity index (χ2n) is 8.19. The molecule has 0 amide bonds. The van der Waals surface area contributed by atoms with Gasteiger partial charge in [0.15, 0.2) is 0 Å². The lowest BCUT2D eigenvalue weighted by atomic mass is 9.87. The van der Waals surface area contributed by atoms with Gasteiger partial charge in [-0.25, -0.2) is 15.5 Å². The average molecular weight is 421 g/mol. The summed E-state index contributed by atoms with van der Waals surface area (Å²) in [6, 6.07) is 10.1. The highest BCUT2D eigenvalue weighted by Gasteiger charge is 2.36. The first-order valence-corrected chi connectivity index (χ1v) is 9.71. The molecule has 1 aromatic heterocycles. The molecule has 2 heterocycles. The Morgan fingerprint density at radius 1 is 1.03 bits per heavy atom. The summed E-state index contributed by atoms with van der Waals surface area (Å²) >= 11 is 0. The third kappa shape index (κ3) is 5.02. The number of alkyl halides is 3. The van der Waals surface area contributed by atoms with Crippen molar-refractivity contribution in [2.24, 2.45) is 4.99 Å². The maximum Gasteiger partial charge on any atom is 0.419 e. The first-order valence-electron chi connectivity index (χ1n) is 9.71. The highest BCUT2D eigenvalue weighted by molar-refractivity contribution is 5.82. The molecule has 1 aliphatic rings. The number of aromatic nitrogens is 1. The van der Waals surface area contributed by atoms with Gasteiger partial charge in [0.1, 0.15) is 5.82 Å². The first kappa shape index (κ1) is 21.9. The molecule has 2 aromatic rings. The normalized spacial score (nSPS) is 16.0. The Hall–Kier alpha value is -2.81. The summed E-state index contributed by atoms with van der Waals surface area (Å²) in [5.74, 6) is 0.188. The number of benzene rings is 1. The van der Waals surface area contributed by atoms with E-state index in [1.807, 2.05) is 24.3 Å². The molecular formula is C21H26F3N5O. The van der Waals surface area contributed by atoms with Crippen LogP contribution in [-0.4, -0.2) is 47.2 Å². The Labute approximate surface area is 174 Å². The molecule has 0 aliphatic carbocycles. The lowest BCUT2D eigenvalue weighted by Gasteiger charge is -2.37. The third-order valence-electron chi connectivity index (χ3n) is 5.04. The maximum absolute atomic E-state index is 13.3. The number of hydrogen-bond donors (Lipinski definition) is 2. The van der Waals surface area contributed by atoms with E-state index in [9.17, 15) is 18.4 Å². The zero-order valence-corrected chi connectivity index (χ0v) is 17.2. The number of nitrogens with zero attached hydrogens (tertiary/aromatic N) is 4. The van der Waals surface area contributed by atoms with Crippen LogP contribution in [0.5, 0.6) is 0 Å². The van der Waals surface area contributed by atoms with E-state index in [4.69, 9.17) is 0 Å². The number of aliphatic imine (C=N–C) groups is 1. The van der Waals surface area contributed by atoms with Crippen LogP contribution in [0.1, 0.15) is 31.9 Å². The van der Waals surface area contributed by atoms with Crippen molar-refractivity contribution in [3.63, 3.8) is 0 Å². The van der Waals surface area contributed by atoms with E-state index >= 15 is 0 Å². The number of halogens is 3. The molecule has 30 heavy (non-hydrogen) atoms. The lowest BCUT2D eigenvalue weighted by molar-refractivity contribution is -0.137. The van der Waals surface area contributed by atoms with Crippen molar-refractivity contribution in [1.82, 2.24) is 15.4 Å². The van der Waals surface area contributed by atoms with E-state index in [0.29, 0.717) is 31.9 Å². The van der Waals surface area contributed by atoms with E-state index in [1.165, 1.54) is 17.8 Å². The zero-order chi connectivity index (χ0) is 21.9. The second-order valence-corrected chi connectivity index (χ2v) is 8.19. The molecule has 1 saturated heterocycles. The van der Waals surface area contributed by atoms with Gasteiger partial charge in [0.25, 0.3) is 0 Å². The highest BCUT2D eigenvalue weighted by Crippen LogP contribution is 2.35. The number of piperazine rings is 1. The Balaban J connectivity index is 1.71. The van der Waals surface area contributed by atoms with Crippen LogP contribution in [0.4, 0.5) is 24.7 Å². The summed E-state index contributed by atoms with van der Waals surface area (Å²) in [7, 11) is 0. The van der Waals surface area contributed by atoms with Gasteiger partial charge in [-0.05, 0) is 35.2 Å². The van der Waals surface area contributed by atoms with Gasteiger partial charge in [0.2, 0.25) is 5.96 Å². The third-order valence-corrected chi connectivity index (χ3v) is 5.04. The second kappa shape index (κ2) is 8.51. The quantitative estimate of drug-likeness (QED) is 0.433. The van der Waals surface area contributed by atoms with Crippen LogP contribution in [0.25, 0.3) is 0 Å². The molecular weight excluding hydrogens is 395 g/mol. The molecule has 1 fully saturated rings. The maximum atomic E-state index is 13.3. The fraction of sp³-hybridized carbons (Fsp3) is 0.429. The zero-order valence-electron chi connectivity index (χ0n) is 17.2. The Bertz CT molecular complexity index is 883. The Morgan fingerprint density at radius 3 is 2.20 bits per heavy atom. The molecule has 0 radical (unpaired) electrons. The van der Waals surface area contributed by atoms with Crippen molar-refractivity contribution in [3.8, 4) is 0 Å². The summed E-state index contributed by atoms with van der Waals surface area (Å²) in [5, 5.41) is 9.56. The number of hydroxylamine groups is 1. The molecule has 3 rings (SSSR count). The first-order chi connectivity index (χ1) is 14.1. The minimum atomic E-state index is -4.46. The number of rotatable bonds is 2. The Kier molecular flexibility index (Phi) is 6.21. The summed E-state index contributed by atoms with van der Waals surface area (Å²) in [5.41, 5.74) is 3.24. The molecule has 162 valence electrons. The number of guanidine groups is 1. The van der Waals surface area contributed by atoms with Crippen LogP contribution < -0.4 is 10.4 Å². The Morgan fingerprint density at radius 2 is 1.67 bits per heavy atom. The highest BCUT2D eigenvalue weighted by atomic mass is 19.4. The van der Waals surface area contributed by atoms with Gasteiger partial charge in [0, 0.05) is 32.4 Å². The molecule has 0 unspecified atom stereocenters. The van der Waals surface area contributed by atoms with Crippen LogP contribution in [0.15, 0.2) is 47.6 Å². The number of pyridine rings is 1. The van der Waals surface area contributed by atoms with Gasteiger partial charge in [-0.2, -0.15) is 13.2 Å². The topological polar surface area (TPSA) is 64.0 Å². The molecule has 6 nitrogen and oxygen atoms in total. The minimum absolute atomic E-state index is 0.0252. The standard InChI is InChI=1S/C21H26F3N5O/c1-20(2,3)15-6-8-16(9-7-15)26-19(27-30)29-13-11-28(12-14-29)18-17(21(22,23)24)5-4-10-25-18/h4-10,30H,11-14H2,1-3H3,(H,26,27). The number of nitrogens with one attached hydrogen (secondary N) is 1. The van der Waals surface area contributed by atoms with Gasteiger partial charge in [0.05, 0.1) is 11.3 Å². The molecule has 2 N–H and O–H groups in total. The van der Waals surface area contributed by atoms with Gasteiger partial charge in [-0.15, -0.1) is 0 Å². The van der Waals surface area contributed by atoms with Crippen molar-refractivity contribution >= 4 is 17.5 Å². The van der Waals surface area contributed by atoms with Gasteiger partial charge in [-0.1, -0.05) is 32.9 Å². The molecule has 0 saturated carbocycles. The molecule has 0 atom stereocenters. The smallest absolute Gasteiger partial charge is 0.353 e. The predicted octanol–water partition coefficient (Wildman–Crippen LogP) is 4.19. The van der Waals surface area contributed by atoms with E-state index in [-0.39, 0.29) is 17.2 Å². The fourth-order valence-electron chi connectivity index (χ4n) is 3.32. The van der Waals surface area contributed by atoms with Crippen molar-refractivity contribution in [2.75, 3.05) is 31.1 Å². The molecule has 0 bridgehead atoms. The summed E-state index contributed by atoms with van der Waals surface area (Å²) < 4.78 is 39.8. The van der Waals surface area contributed by atoms with E-state index in [1.54, 1.807) is 9.80 Å². The van der Waals surface area contributed by atoms with Crippen LogP contribution >= 0.6 is 0 Å². The van der Waals surface area contributed by atoms with E-state index < -0.39 is 11.7 Å². The summed E-state index contributed by atoms with van der Waals surface area (Å²) in [6.07, 6.45) is -3.10. The monoisotopic (exact) mass is 421 g/mol. The lowest BCUT2D eigenvalue weighted by Crippen LogP contribution is -2.52. The van der Waals surface area contributed by atoms with Crippen LogP contribution in [-0.2, 0) is 11.6 Å². The average Bonchev–Trinajstić information content (AvgIpc) is 2.71. The molecule has 1 aromatic carbocycles.